The number of Topliss-reactive ketones (excluding diaryl/α,β-unsaturated/α-hetero) is 1. The van der Waals surface area contributed by atoms with Crippen LogP contribution >= 0.6 is 0 Å². The van der Waals surface area contributed by atoms with Crippen molar-refractivity contribution in [3.63, 3.8) is 0 Å². The number of ketones is 1. The van der Waals surface area contributed by atoms with Crippen LogP contribution in [0.3, 0.4) is 0 Å². The maximum absolute atomic E-state index is 12.0. The number of aliphatic hydroxyl groups is 1. The minimum absolute atomic E-state index is 0.0751. The summed E-state index contributed by atoms with van der Waals surface area (Å²) in [5, 5.41) is 13.0. The second-order valence-corrected chi connectivity index (χ2v) is 7.53. The average Bonchev–Trinajstić information content (AvgIpc) is 2.70. The van der Waals surface area contributed by atoms with Crippen molar-refractivity contribution in [3.05, 3.63) is 65.2 Å². The fourth-order valence-electron chi connectivity index (χ4n) is 3.54. The van der Waals surface area contributed by atoms with Crippen LogP contribution < -0.4 is 10.1 Å². The first-order valence-corrected chi connectivity index (χ1v) is 9.94. The van der Waals surface area contributed by atoms with E-state index in [1.807, 2.05) is 12.1 Å². The number of hydrogen-bond acceptors (Lipinski definition) is 5. The highest BCUT2D eigenvalue weighted by molar-refractivity contribution is 5.78. The Balaban J connectivity index is 1.38. The summed E-state index contributed by atoms with van der Waals surface area (Å²) in [5.74, 6) is 0.336. The molecule has 0 saturated heterocycles. The second-order valence-electron chi connectivity index (χ2n) is 7.53. The summed E-state index contributed by atoms with van der Waals surface area (Å²) in [6, 6.07) is 15.5. The van der Waals surface area contributed by atoms with Gasteiger partial charge in [-0.05, 0) is 42.2 Å². The van der Waals surface area contributed by atoms with Crippen LogP contribution in [0, 0.1) is 0 Å². The molecule has 1 aliphatic heterocycles. The molecular weight excluding hydrogens is 368 g/mol. The number of benzene rings is 2. The molecule has 0 radical (unpaired) electrons. The van der Waals surface area contributed by atoms with Gasteiger partial charge in [0.25, 0.3) is 5.91 Å². The van der Waals surface area contributed by atoms with E-state index in [0.717, 1.165) is 25.1 Å². The van der Waals surface area contributed by atoms with Crippen LogP contribution in [0.2, 0.25) is 0 Å². The molecule has 1 aliphatic rings. The number of fused-ring (bicyclic) bond motifs is 1. The Morgan fingerprint density at radius 1 is 1.17 bits per heavy atom. The number of aliphatic hydroxyl groups excluding tert-OH is 1. The third-order valence-corrected chi connectivity index (χ3v) is 4.93. The highest BCUT2D eigenvalue weighted by Gasteiger charge is 2.18. The van der Waals surface area contributed by atoms with Crippen molar-refractivity contribution in [2.45, 2.75) is 32.4 Å². The first-order chi connectivity index (χ1) is 14.0. The Bertz CT molecular complexity index is 852. The molecule has 6 nitrogen and oxygen atoms in total. The van der Waals surface area contributed by atoms with Gasteiger partial charge in [0, 0.05) is 32.6 Å². The van der Waals surface area contributed by atoms with Gasteiger partial charge in [0.05, 0.1) is 6.10 Å². The monoisotopic (exact) mass is 396 g/mol. The number of carbonyl (C=O) groups excluding carboxylic acids is 2. The first-order valence-electron chi connectivity index (χ1n) is 9.94. The van der Waals surface area contributed by atoms with E-state index in [2.05, 4.69) is 28.4 Å². The molecule has 0 spiro atoms. The van der Waals surface area contributed by atoms with Crippen molar-refractivity contribution in [1.29, 1.82) is 0 Å². The van der Waals surface area contributed by atoms with Crippen LogP contribution in [0.25, 0.3) is 0 Å². The zero-order chi connectivity index (χ0) is 20.6. The molecule has 154 valence electrons. The summed E-state index contributed by atoms with van der Waals surface area (Å²) in [6.07, 6.45) is 0.686. The van der Waals surface area contributed by atoms with Crippen LogP contribution in [0.15, 0.2) is 48.5 Å². The number of ether oxygens (including phenoxy) is 1. The first kappa shape index (κ1) is 21.0. The van der Waals surface area contributed by atoms with Crippen molar-refractivity contribution in [1.82, 2.24) is 10.2 Å². The summed E-state index contributed by atoms with van der Waals surface area (Å²) < 4.78 is 5.50. The number of β-amino-alcohol motifs (C(OH)–C–C–N with tert-alkyl or cyclic N) is 1. The van der Waals surface area contributed by atoms with E-state index >= 15 is 0 Å². The van der Waals surface area contributed by atoms with Gasteiger partial charge in [-0.25, -0.2) is 0 Å². The van der Waals surface area contributed by atoms with Gasteiger partial charge < -0.3 is 15.2 Å². The molecule has 2 N–H and O–H groups in total. The van der Waals surface area contributed by atoms with Crippen LogP contribution in [0.1, 0.15) is 23.6 Å². The minimum atomic E-state index is -0.636. The van der Waals surface area contributed by atoms with E-state index in [-0.39, 0.29) is 24.8 Å². The van der Waals surface area contributed by atoms with Crippen molar-refractivity contribution in [3.8, 4) is 5.75 Å². The Kier molecular flexibility index (Phi) is 7.38. The minimum Gasteiger partial charge on any atom is -0.484 e. The third kappa shape index (κ3) is 6.69. The van der Waals surface area contributed by atoms with E-state index in [1.54, 1.807) is 18.2 Å². The third-order valence-electron chi connectivity index (χ3n) is 4.93. The summed E-state index contributed by atoms with van der Waals surface area (Å²) in [6.45, 7) is 3.83. The lowest BCUT2D eigenvalue weighted by molar-refractivity contribution is -0.123. The molecule has 2 aromatic rings. The highest BCUT2D eigenvalue weighted by Crippen LogP contribution is 2.18. The van der Waals surface area contributed by atoms with E-state index in [4.69, 9.17) is 4.74 Å². The Morgan fingerprint density at radius 2 is 1.97 bits per heavy atom. The molecule has 3 rings (SSSR count). The zero-order valence-electron chi connectivity index (χ0n) is 16.8. The lowest BCUT2D eigenvalue weighted by Gasteiger charge is -2.30. The number of amides is 1. The van der Waals surface area contributed by atoms with E-state index in [9.17, 15) is 14.7 Å². The molecular formula is C23H28N2O4. The molecule has 0 fully saturated rings. The smallest absolute Gasteiger partial charge is 0.258 e. The fraction of sp³-hybridized carbons (Fsp3) is 0.391. The van der Waals surface area contributed by atoms with Gasteiger partial charge in [-0.3, -0.25) is 14.5 Å². The number of hydrogen-bond donors (Lipinski definition) is 2. The molecule has 1 unspecified atom stereocenters. The predicted molar refractivity (Wildman–Crippen MR) is 111 cm³/mol. The maximum Gasteiger partial charge on any atom is 0.258 e. The molecule has 6 heteroatoms. The number of rotatable bonds is 9. The molecule has 0 aromatic heterocycles. The Labute approximate surface area is 171 Å². The largest absolute Gasteiger partial charge is 0.484 e. The fourth-order valence-corrected chi connectivity index (χ4v) is 3.54. The standard InChI is InChI=1S/C23H28N2O4/c1-17(26)11-18-5-4-8-22(12-18)29-16-23(28)24-13-21(27)15-25-10-9-19-6-2-3-7-20(19)14-25/h2-8,12,21,27H,9-11,13-16H2,1H3,(H,24,28). The summed E-state index contributed by atoms with van der Waals surface area (Å²) in [4.78, 5) is 25.4. The molecule has 0 aliphatic carbocycles. The van der Waals surface area contributed by atoms with Gasteiger partial charge in [0.2, 0.25) is 0 Å². The van der Waals surface area contributed by atoms with Crippen LogP contribution in [0.4, 0.5) is 0 Å². The van der Waals surface area contributed by atoms with Gasteiger partial charge in [0.15, 0.2) is 6.61 Å². The lowest BCUT2D eigenvalue weighted by Crippen LogP contribution is -2.42. The van der Waals surface area contributed by atoms with Gasteiger partial charge in [-0.15, -0.1) is 0 Å². The normalized spacial score (nSPS) is 14.7. The number of nitrogens with one attached hydrogen (secondary N) is 1. The molecule has 2 aromatic carbocycles. The molecule has 1 heterocycles. The Morgan fingerprint density at radius 3 is 2.76 bits per heavy atom. The molecule has 0 bridgehead atoms. The quantitative estimate of drug-likeness (QED) is 0.675. The topological polar surface area (TPSA) is 78.9 Å². The number of carbonyl (C=O) groups is 2. The van der Waals surface area contributed by atoms with Crippen LogP contribution in [-0.4, -0.2) is 54.0 Å². The van der Waals surface area contributed by atoms with Gasteiger partial charge >= 0.3 is 0 Å². The number of nitrogens with zero attached hydrogens (tertiary/aromatic N) is 1. The molecule has 1 amide bonds. The van der Waals surface area contributed by atoms with Crippen molar-refractivity contribution >= 4 is 11.7 Å². The van der Waals surface area contributed by atoms with Gasteiger partial charge in [0.1, 0.15) is 11.5 Å². The zero-order valence-corrected chi connectivity index (χ0v) is 16.8. The van der Waals surface area contributed by atoms with Gasteiger partial charge in [-0.2, -0.15) is 0 Å². The van der Waals surface area contributed by atoms with E-state index in [0.29, 0.717) is 18.7 Å². The lowest BCUT2D eigenvalue weighted by atomic mass is 10.00. The average molecular weight is 396 g/mol. The van der Waals surface area contributed by atoms with Crippen molar-refractivity contribution < 1.29 is 19.4 Å². The molecule has 29 heavy (non-hydrogen) atoms. The van der Waals surface area contributed by atoms with Crippen molar-refractivity contribution in [2.75, 3.05) is 26.2 Å². The summed E-state index contributed by atoms with van der Waals surface area (Å²) in [5.41, 5.74) is 3.53. The second kappa shape index (κ2) is 10.2. The molecule has 1 atom stereocenters. The summed E-state index contributed by atoms with van der Waals surface area (Å²) >= 11 is 0. The van der Waals surface area contributed by atoms with Crippen LogP contribution in [-0.2, 0) is 29.0 Å². The predicted octanol–water partition coefficient (Wildman–Crippen LogP) is 1.73. The van der Waals surface area contributed by atoms with Crippen molar-refractivity contribution in [2.24, 2.45) is 0 Å². The van der Waals surface area contributed by atoms with E-state index in [1.165, 1.54) is 18.1 Å². The van der Waals surface area contributed by atoms with Gasteiger partial charge in [-0.1, -0.05) is 36.4 Å². The summed E-state index contributed by atoms with van der Waals surface area (Å²) in [7, 11) is 0. The SMILES string of the molecule is CC(=O)Cc1cccc(OCC(=O)NCC(O)CN2CCc3ccccc3C2)c1. The van der Waals surface area contributed by atoms with Crippen LogP contribution in [0.5, 0.6) is 5.75 Å². The maximum atomic E-state index is 12.0. The molecule has 0 saturated carbocycles. The Hall–Kier alpha value is -2.70. The van der Waals surface area contributed by atoms with E-state index < -0.39 is 6.10 Å². The highest BCUT2D eigenvalue weighted by atomic mass is 16.5.